The van der Waals surface area contributed by atoms with Gasteiger partial charge in [0.05, 0.1) is 19.8 Å². The molecule has 0 atom stereocenters. The number of carbonyl (C=O) groups is 2. The van der Waals surface area contributed by atoms with E-state index in [0.717, 1.165) is 24.0 Å². The number of amides is 1. The summed E-state index contributed by atoms with van der Waals surface area (Å²) >= 11 is 0. The number of hydrogen-bond donors (Lipinski definition) is 1. The summed E-state index contributed by atoms with van der Waals surface area (Å²) in [6, 6.07) is 3.02. The van der Waals surface area contributed by atoms with Gasteiger partial charge in [0.15, 0.2) is 11.5 Å². The largest absolute Gasteiger partial charge is 0.505 e. The zero-order valence-corrected chi connectivity index (χ0v) is 19.7. The maximum Gasteiger partial charge on any atom is 0.279 e. The first-order valence-corrected chi connectivity index (χ1v) is 12.2. The first-order valence-electron chi connectivity index (χ1n) is 12.2. The maximum atomic E-state index is 13.8. The van der Waals surface area contributed by atoms with Crippen LogP contribution in [0.3, 0.4) is 0 Å². The Morgan fingerprint density at radius 3 is 2.78 bits per heavy atom. The van der Waals surface area contributed by atoms with Gasteiger partial charge in [0.2, 0.25) is 5.78 Å². The Morgan fingerprint density at radius 1 is 1.22 bits per heavy atom. The van der Waals surface area contributed by atoms with Crippen LogP contribution in [0.5, 0.6) is 5.75 Å². The molecule has 0 aromatic carbocycles. The Labute approximate surface area is 206 Å². The van der Waals surface area contributed by atoms with Gasteiger partial charge >= 0.3 is 0 Å². The minimum absolute atomic E-state index is 0.0351. The minimum Gasteiger partial charge on any atom is -0.505 e. The van der Waals surface area contributed by atoms with E-state index in [1.54, 1.807) is 11.0 Å². The lowest BCUT2D eigenvalue weighted by Crippen LogP contribution is -2.46. The number of ether oxygens (including phenoxy) is 1. The SMILES string of the molecule is O=CCn1c2c(c(=O)n3nc(C4=CCOCC4)nc13)C1(CC2)CCN(C(=O)c2ncccc2O)CC1. The van der Waals surface area contributed by atoms with Gasteiger partial charge in [0, 0.05) is 36.0 Å². The molecule has 5 heterocycles. The molecule has 0 bridgehead atoms. The fourth-order valence-electron chi connectivity index (χ4n) is 5.86. The number of nitrogens with zero attached hydrogens (tertiary/aromatic N) is 6. The van der Waals surface area contributed by atoms with Crippen LogP contribution in [0.2, 0.25) is 0 Å². The predicted octanol–water partition coefficient (Wildman–Crippen LogP) is 1.11. The third-order valence-corrected chi connectivity index (χ3v) is 7.73. The van der Waals surface area contributed by atoms with E-state index in [1.807, 2.05) is 10.6 Å². The molecule has 2 aliphatic heterocycles. The van der Waals surface area contributed by atoms with Gasteiger partial charge in [-0.1, -0.05) is 6.08 Å². The van der Waals surface area contributed by atoms with Gasteiger partial charge in [-0.25, -0.2) is 4.98 Å². The number of hydrogen-bond acceptors (Lipinski definition) is 8. The fraction of sp³-hybridized carbons (Fsp3) is 0.440. The molecule has 1 spiro atoms. The smallest absolute Gasteiger partial charge is 0.279 e. The van der Waals surface area contributed by atoms with Gasteiger partial charge in [-0.3, -0.25) is 9.59 Å². The second-order valence-corrected chi connectivity index (χ2v) is 9.55. The monoisotopic (exact) mass is 490 g/mol. The first kappa shape index (κ1) is 22.6. The van der Waals surface area contributed by atoms with Crippen molar-refractivity contribution in [1.82, 2.24) is 29.0 Å². The topological polar surface area (TPSA) is 132 Å². The van der Waals surface area contributed by atoms with Gasteiger partial charge in [0.1, 0.15) is 12.0 Å². The van der Waals surface area contributed by atoms with Crippen LogP contribution in [0.15, 0.2) is 29.2 Å². The lowest BCUT2D eigenvalue weighted by atomic mass is 9.74. The highest BCUT2D eigenvalue weighted by Gasteiger charge is 2.46. The van der Waals surface area contributed by atoms with Crippen molar-refractivity contribution in [2.24, 2.45) is 0 Å². The quantitative estimate of drug-likeness (QED) is 0.538. The normalized spacial score (nSPS) is 18.9. The van der Waals surface area contributed by atoms with Crippen LogP contribution in [0, 0.1) is 0 Å². The molecule has 1 aliphatic carbocycles. The van der Waals surface area contributed by atoms with Gasteiger partial charge in [0.25, 0.3) is 11.5 Å². The molecule has 0 unspecified atom stereocenters. The van der Waals surface area contributed by atoms with Crippen molar-refractivity contribution in [1.29, 1.82) is 0 Å². The third kappa shape index (κ3) is 3.45. The molecule has 11 nitrogen and oxygen atoms in total. The fourth-order valence-corrected chi connectivity index (χ4v) is 5.86. The molecule has 0 saturated carbocycles. The standard InChI is InChI=1S/C25H26N6O5/c32-13-12-30-17-3-6-25(7-10-29(11-8-25)23(35)20-18(33)2-1-9-26-20)19(17)22(34)31-24(30)27-21(28-31)16-4-14-36-15-5-16/h1-2,4,9,13,33H,3,5-8,10-12,14-15H2. The Bertz CT molecular complexity index is 1460. The summed E-state index contributed by atoms with van der Waals surface area (Å²) in [7, 11) is 0. The van der Waals surface area contributed by atoms with Gasteiger partial charge in [-0.2, -0.15) is 9.50 Å². The summed E-state index contributed by atoms with van der Waals surface area (Å²) in [5.41, 5.74) is 1.88. The zero-order chi connectivity index (χ0) is 24.9. The molecule has 1 amide bonds. The van der Waals surface area contributed by atoms with Crippen LogP contribution in [0.4, 0.5) is 0 Å². The predicted molar refractivity (Wildman–Crippen MR) is 128 cm³/mol. The molecular weight excluding hydrogens is 464 g/mol. The molecule has 3 aliphatic rings. The van der Waals surface area contributed by atoms with Gasteiger partial charge < -0.3 is 24.1 Å². The average Bonchev–Trinajstić information content (AvgIpc) is 3.51. The van der Waals surface area contributed by atoms with Crippen molar-refractivity contribution in [3.63, 3.8) is 0 Å². The Hall–Kier alpha value is -3.86. The van der Waals surface area contributed by atoms with Crippen molar-refractivity contribution in [2.45, 2.75) is 44.1 Å². The molecule has 1 fully saturated rings. The highest BCUT2D eigenvalue weighted by atomic mass is 16.5. The summed E-state index contributed by atoms with van der Waals surface area (Å²) in [6.07, 6.45) is 7.51. The summed E-state index contributed by atoms with van der Waals surface area (Å²) in [5.74, 6) is 0.405. The molecule has 0 radical (unpaired) electrons. The van der Waals surface area contributed by atoms with E-state index in [4.69, 9.17) is 4.74 Å². The molecular formula is C25H26N6O5. The second-order valence-electron chi connectivity index (χ2n) is 9.55. The zero-order valence-electron chi connectivity index (χ0n) is 19.7. The summed E-state index contributed by atoms with van der Waals surface area (Å²) in [5, 5.41) is 14.6. The molecule has 11 heteroatoms. The van der Waals surface area contributed by atoms with Crippen LogP contribution in [0.25, 0.3) is 11.4 Å². The summed E-state index contributed by atoms with van der Waals surface area (Å²) < 4.78 is 8.54. The van der Waals surface area contributed by atoms with Crippen molar-refractivity contribution >= 4 is 23.5 Å². The average molecular weight is 491 g/mol. The third-order valence-electron chi connectivity index (χ3n) is 7.73. The van der Waals surface area contributed by atoms with Crippen molar-refractivity contribution < 1.29 is 19.4 Å². The lowest BCUT2D eigenvalue weighted by Gasteiger charge is -2.39. The van der Waals surface area contributed by atoms with Crippen LogP contribution >= 0.6 is 0 Å². The number of carbonyl (C=O) groups excluding carboxylic acids is 2. The second kappa shape index (κ2) is 8.66. The van der Waals surface area contributed by atoms with E-state index in [1.165, 1.54) is 16.8 Å². The van der Waals surface area contributed by atoms with Crippen molar-refractivity contribution in [2.75, 3.05) is 26.3 Å². The Balaban J connectivity index is 1.37. The van der Waals surface area contributed by atoms with Crippen molar-refractivity contribution in [3.05, 3.63) is 57.5 Å². The van der Waals surface area contributed by atoms with E-state index in [-0.39, 0.29) is 29.5 Å². The minimum atomic E-state index is -0.405. The van der Waals surface area contributed by atoms with Gasteiger partial charge in [-0.15, -0.1) is 5.10 Å². The van der Waals surface area contributed by atoms with Crippen LogP contribution in [-0.4, -0.2) is 72.7 Å². The van der Waals surface area contributed by atoms with Crippen LogP contribution < -0.4 is 5.56 Å². The van der Waals surface area contributed by atoms with Crippen molar-refractivity contribution in [3.8, 4) is 5.75 Å². The number of piperidine rings is 1. The first-order chi connectivity index (χ1) is 17.5. The highest BCUT2D eigenvalue weighted by Crippen LogP contribution is 2.45. The van der Waals surface area contributed by atoms with E-state index in [2.05, 4.69) is 15.1 Å². The van der Waals surface area contributed by atoms with Crippen LogP contribution in [0.1, 0.15) is 53.3 Å². The number of aromatic nitrogens is 5. The molecule has 3 aromatic heterocycles. The molecule has 6 rings (SSSR count). The van der Waals surface area contributed by atoms with Crippen LogP contribution in [-0.2, 0) is 27.9 Å². The number of likely N-dealkylation sites (tertiary alicyclic amines) is 1. The van der Waals surface area contributed by atoms with E-state index in [9.17, 15) is 19.5 Å². The Morgan fingerprint density at radius 2 is 2.06 bits per heavy atom. The Kier molecular flexibility index (Phi) is 5.44. The highest BCUT2D eigenvalue weighted by molar-refractivity contribution is 5.94. The molecule has 1 N–H and O–H groups in total. The lowest BCUT2D eigenvalue weighted by molar-refractivity contribution is -0.108. The summed E-state index contributed by atoms with van der Waals surface area (Å²) in [4.78, 5) is 48.8. The molecule has 3 aromatic rings. The number of fused-ring (bicyclic) bond motifs is 3. The number of pyridine rings is 1. The van der Waals surface area contributed by atoms with E-state index < -0.39 is 5.41 Å². The number of rotatable bonds is 4. The van der Waals surface area contributed by atoms with E-state index in [0.29, 0.717) is 69.2 Å². The molecule has 1 saturated heterocycles. The van der Waals surface area contributed by atoms with E-state index >= 15 is 0 Å². The molecule has 36 heavy (non-hydrogen) atoms. The number of aromatic hydroxyl groups is 1. The number of aldehydes is 1. The maximum absolute atomic E-state index is 13.8. The van der Waals surface area contributed by atoms with Gasteiger partial charge in [-0.05, 0) is 49.8 Å². The molecule has 186 valence electrons. The summed E-state index contributed by atoms with van der Waals surface area (Å²) in [6.45, 7) is 2.02.